The Labute approximate surface area is 217 Å². The summed E-state index contributed by atoms with van der Waals surface area (Å²) in [6.07, 6.45) is -8.26. The van der Waals surface area contributed by atoms with E-state index in [2.05, 4.69) is 0 Å². The summed E-state index contributed by atoms with van der Waals surface area (Å²) in [5, 5.41) is -0.717. The van der Waals surface area contributed by atoms with Crippen LogP contribution in [0.25, 0.3) is 0 Å². The lowest BCUT2D eigenvalue weighted by atomic mass is 10.1. The number of carbonyl (C=O) groups is 5. The van der Waals surface area contributed by atoms with E-state index in [4.69, 9.17) is 37.9 Å². The normalized spacial score (nSPS) is 35.4. The van der Waals surface area contributed by atoms with Crippen LogP contribution in [0.2, 0.25) is 0 Å². The van der Waals surface area contributed by atoms with Crippen LogP contribution in [0.4, 0.5) is 0 Å². The maximum Gasteiger partial charge on any atom is 0.303 e. The number of hydrogen-bond acceptors (Lipinski definition) is 14. The SMILES string of the molecule is CO[C@@H]1O[C@H](CN2C(=O)CS[C@@H]2C2O[C@@H](OC)[C@H](OC(C)=O)[C@@H]2OC(C)=O)[C@@H](OC(C)=O)[C@H]1OC(C)=O. The summed E-state index contributed by atoms with van der Waals surface area (Å²) < 4.78 is 43.9. The van der Waals surface area contributed by atoms with Crippen LogP contribution in [0, 0.1) is 0 Å². The van der Waals surface area contributed by atoms with Crippen LogP contribution in [0.15, 0.2) is 0 Å². The van der Waals surface area contributed by atoms with Gasteiger partial charge in [0.25, 0.3) is 0 Å². The van der Waals surface area contributed by atoms with Crippen molar-refractivity contribution >= 4 is 41.5 Å². The fourth-order valence-electron chi connectivity index (χ4n) is 4.53. The summed E-state index contributed by atoms with van der Waals surface area (Å²) in [6, 6.07) is 0. The van der Waals surface area contributed by atoms with Crippen molar-refractivity contribution in [2.24, 2.45) is 0 Å². The molecule has 37 heavy (non-hydrogen) atoms. The molecule has 0 bridgehead atoms. The van der Waals surface area contributed by atoms with Gasteiger partial charge in [-0.15, -0.1) is 11.8 Å². The topological polar surface area (TPSA) is 162 Å². The maximum absolute atomic E-state index is 13.0. The molecule has 208 valence electrons. The first-order valence-corrected chi connectivity index (χ1v) is 12.5. The summed E-state index contributed by atoms with van der Waals surface area (Å²) in [5.41, 5.74) is 0. The van der Waals surface area contributed by atoms with Gasteiger partial charge in [-0.2, -0.15) is 0 Å². The monoisotopic (exact) mass is 549 g/mol. The molecule has 3 heterocycles. The van der Waals surface area contributed by atoms with E-state index >= 15 is 0 Å². The summed E-state index contributed by atoms with van der Waals surface area (Å²) in [7, 11) is 2.68. The highest BCUT2D eigenvalue weighted by Crippen LogP contribution is 2.39. The molecule has 0 aliphatic carbocycles. The molecule has 9 atom stereocenters. The zero-order chi connectivity index (χ0) is 27.4. The number of amides is 1. The Balaban J connectivity index is 1.88. The lowest BCUT2D eigenvalue weighted by Gasteiger charge is -2.33. The van der Waals surface area contributed by atoms with E-state index in [1.807, 2.05) is 0 Å². The van der Waals surface area contributed by atoms with Gasteiger partial charge in [-0.05, 0) is 0 Å². The van der Waals surface area contributed by atoms with Crippen LogP contribution in [0.5, 0.6) is 0 Å². The number of thioether (sulfide) groups is 1. The zero-order valence-corrected chi connectivity index (χ0v) is 22.1. The molecule has 14 nitrogen and oxygen atoms in total. The zero-order valence-electron chi connectivity index (χ0n) is 21.3. The lowest BCUT2D eigenvalue weighted by molar-refractivity contribution is -0.182. The van der Waals surface area contributed by atoms with Crippen molar-refractivity contribution < 1.29 is 61.9 Å². The number of nitrogens with zero attached hydrogens (tertiary/aromatic N) is 1. The van der Waals surface area contributed by atoms with Crippen LogP contribution < -0.4 is 0 Å². The Morgan fingerprint density at radius 3 is 1.76 bits per heavy atom. The predicted molar refractivity (Wildman–Crippen MR) is 122 cm³/mol. The number of esters is 4. The van der Waals surface area contributed by atoms with Crippen LogP contribution in [-0.2, 0) is 61.9 Å². The number of hydrogen-bond donors (Lipinski definition) is 0. The fourth-order valence-corrected chi connectivity index (χ4v) is 5.80. The Morgan fingerprint density at radius 2 is 1.24 bits per heavy atom. The van der Waals surface area contributed by atoms with E-state index in [1.165, 1.54) is 58.6 Å². The van der Waals surface area contributed by atoms with Crippen LogP contribution in [0.1, 0.15) is 27.7 Å². The molecule has 0 N–H and O–H groups in total. The van der Waals surface area contributed by atoms with E-state index in [0.717, 1.165) is 0 Å². The first-order valence-electron chi connectivity index (χ1n) is 11.4. The average molecular weight is 550 g/mol. The fraction of sp³-hybridized carbons (Fsp3) is 0.773. The summed E-state index contributed by atoms with van der Waals surface area (Å²) in [5.74, 6) is -2.78. The second kappa shape index (κ2) is 12.4. The minimum atomic E-state index is -1.08. The van der Waals surface area contributed by atoms with Gasteiger partial charge >= 0.3 is 23.9 Å². The molecular formula is C22H31NO13S. The highest BCUT2D eigenvalue weighted by atomic mass is 32.2. The molecule has 0 aromatic rings. The van der Waals surface area contributed by atoms with Crippen molar-refractivity contribution in [3.63, 3.8) is 0 Å². The quantitative estimate of drug-likeness (QED) is 0.263. The van der Waals surface area contributed by atoms with E-state index in [0.29, 0.717) is 0 Å². The summed E-state index contributed by atoms with van der Waals surface area (Å²) in [4.78, 5) is 61.5. The molecule has 3 aliphatic heterocycles. The first kappa shape index (κ1) is 29.1. The number of carbonyl (C=O) groups excluding carboxylic acids is 5. The highest BCUT2D eigenvalue weighted by Gasteiger charge is 2.57. The van der Waals surface area contributed by atoms with Gasteiger partial charge in [-0.3, -0.25) is 24.0 Å². The number of methoxy groups -OCH3 is 2. The lowest BCUT2D eigenvalue weighted by Crippen LogP contribution is -2.51. The molecule has 0 aromatic carbocycles. The van der Waals surface area contributed by atoms with Crippen LogP contribution in [-0.4, -0.2) is 116 Å². The van der Waals surface area contributed by atoms with Gasteiger partial charge in [0.05, 0.1) is 12.3 Å². The number of rotatable bonds is 9. The molecule has 3 aliphatic rings. The van der Waals surface area contributed by atoms with Gasteiger partial charge in [0, 0.05) is 41.9 Å². The smallest absolute Gasteiger partial charge is 0.303 e. The standard InChI is InChI=1S/C22H31NO13S/c1-9(24)31-15-13(35-21(29-5)18(15)33-11(3)26)7-23-14(28)8-37-20(23)17-16(32-10(2)25)19(34-12(4)27)22(30-6)36-17/h13,15-22H,7-8H2,1-6H3/t13-,15-,16-,17?,18-,19-,20-,21-,22-/m1/s1. The predicted octanol–water partition coefficient (Wildman–Crippen LogP) is -0.643. The van der Waals surface area contributed by atoms with Gasteiger partial charge in [-0.25, -0.2) is 0 Å². The second-order valence-corrected chi connectivity index (χ2v) is 9.63. The Hall–Kier alpha value is -2.46. The van der Waals surface area contributed by atoms with Crippen molar-refractivity contribution in [2.45, 2.75) is 82.3 Å². The largest absolute Gasteiger partial charge is 0.456 e. The van der Waals surface area contributed by atoms with Gasteiger partial charge in [-0.1, -0.05) is 0 Å². The molecule has 3 saturated heterocycles. The Kier molecular flexibility index (Phi) is 9.74. The maximum atomic E-state index is 13.0. The van der Waals surface area contributed by atoms with E-state index in [-0.39, 0.29) is 18.2 Å². The average Bonchev–Trinajstić information content (AvgIpc) is 3.42. The van der Waals surface area contributed by atoms with Crippen LogP contribution >= 0.6 is 11.8 Å². The van der Waals surface area contributed by atoms with Crippen molar-refractivity contribution in [3.8, 4) is 0 Å². The van der Waals surface area contributed by atoms with Crippen molar-refractivity contribution in [1.82, 2.24) is 4.90 Å². The van der Waals surface area contributed by atoms with Crippen molar-refractivity contribution in [3.05, 3.63) is 0 Å². The molecule has 15 heteroatoms. The van der Waals surface area contributed by atoms with E-state index in [1.54, 1.807) is 0 Å². The van der Waals surface area contributed by atoms with Gasteiger partial charge in [0.15, 0.2) is 37.0 Å². The molecular weight excluding hydrogens is 518 g/mol. The third-order valence-corrected chi connectivity index (χ3v) is 7.09. The molecule has 3 rings (SSSR count). The van der Waals surface area contributed by atoms with Crippen molar-refractivity contribution in [1.29, 1.82) is 0 Å². The number of ether oxygens (including phenoxy) is 8. The van der Waals surface area contributed by atoms with Gasteiger partial charge in [0.1, 0.15) is 17.6 Å². The molecule has 0 aromatic heterocycles. The van der Waals surface area contributed by atoms with Crippen LogP contribution in [0.3, 0.4) is 0 Å². The third kappa shape index (κ3) is 6.71. The molecule has 1 unspecified atom stereocenters. The molecule has 0 spiro atoms. The minimum Gasteiger partial charge on any atom is -0.456 e. The molecule has 1 amide bonds. The van der Waals surface area contributed by atoms with Gasteiger partial charge < -0.3 is 42.8 Å². The first-order chi connectivity index (χ1) is 17.5. The third-order valence-electron chi connectivity index (χ3n) is 5.81. The van der Waals surface area contributed by atoms with Crippen molar-refractivity contribution in [2.75, 3.05) is 26.5 Å². The highest BCUT2D eigenvalue weighted by molar-refractivity contribution is 8.01. The second-order valence-electron chi connectivity index (χ2n) is 8.53. The molecule has 0 saturated carbocycles. The Morgan fingerprint density at radius 1 is 0.784 bits per heavy atom. The summed E-state index contributed by atoms with van der Waals surface area (Å²) in [6.45, 7) is 4.68. The summed E-state index contributed by atoms with van der Waals surface area (Å²) >= 11 is 1.22. The van der Waals surface area contributed by atoms with E-state index in [9.17, 15) is 24.0 Å². The molecule has 0 radical (unpaired) electrons. The van der Waals surface area contributed by atoms with Gasteiger partial charge in [0.2, 0.25) is 5.91 Å². The molecule has 3 fully saturated rings. The Bertz CT molecular complexity index is 900. The minimum absolute atomic E-state index is 0.0687. The van der Waals surface area contributed by atoms with E-state index < -0.39 is 78.5 Å².